The van der Waals surface area contributed by atoms with E-state index in [0.29, 0.717) is 49.2 Å². The van der Waals surface area contributed by atoms with E-state index in [4.69, 9.17) is 4.74 Å². The molecule has 0 aliphatic carbocycles. The number of sulfone groups is 1. The molecule has 10 nitrogen and oxygen atoms in total. The van der Waals surface area contributed by atoms with Gasteiger partial charge < -0.3 is 15.0 Å². The van der Waals surface area contributed by atoms with E-state index >= 15 is 0 Å². The molecule has 0 bridgehead atoms. The molecule has 1 aromatic carbocycles. The van der Waals surface area contributed by atoms with Crippen LogP contribution in [0.5, 0.6) is 0 Å². The molecule has 1 saturated heterocycles. The van der Waals surface area contributed by atoms with E-state index in [-0.39, 0.29) is 17.3 Å². The molecule has 1 aliphatic heterocycles. The predicted molar refractivity (Wildman–Crippen MR) is 118 cm³/mol. The van der Waals surface area contributed by atoms with E-state index in [9.17, 15) is 13.2 Å². The van der Waals surface area contributed by atoms with Crippen molar-refractivity contribution >= 4 is 27.4 Å². The highest BCUT2D eigenvalue weighted by molar-refractivity contribution is 7.90. The third kappa shape index (κ3) is 5.11. The molecule has 3 heterocycles. The molecule has 0 atom stereocenters. The molecule has 32 heavy (non-hydrogen) atoms. The maximum Gasteiger partial charge on any atom is 0.244 e. The summed E-state index contributed by atoms with van der Waals surface area (Å²) in [5.41, 5.74) is 2.76. The van der Waals surface area contributed by atoms with Crippen molar-refractivity contribution in [2.75, 3.05) is 37.9 Å². The summed E-state index contributed by atoms with van der Waals surface area (Å²) in [5, 5.41) is 7.33. The Hall–Kier alpha value is -3.31. The first-order chi connectivity index (χ1) is 15.3. The molecule has 1 amide bonds. The molecule has 4 rings (SSSR count). The second-order valence-corrected chi connectivity index (χ2v) is 9.59. The van der Waals surface area contributed by atoms with E-state index in [0.717, 1.165) is 5.56 Å². The van der Waals surface area contributed by atoms with Gasteiger partial charge in [0.25, 0.3) is 0 Å². The molecule has 2 aromatic heterocycles. The van der Waals surface area contributed by atoms with Gasteiger partial charge >= 0.3 is 0 Å². The number of amides is 1. The van der Waals surface area contributed by atoms with Crippen molar-refractivity contribution < 1.29 is 17.9 Å². The Morgan fingerprint density at radius 1 is 1.22 bits per heavy atom. The van der Waals surface area contributed by atoms with E-state index in [1.165, 1.54) is 6.26 Å². The Balaban J connectivity index is 1.50. The number of hydrogen-bond acceptors (Lipinski definition) is 8. The summed E-state index contributed by atoms with van der Waals surface area (Å²) >= 11 is 0. The molecule has 0 radical (unpaired) electrons. The Kier molecular flexibility index (Phi) is 6.19. The Morgan fingerprint density at radius 2 is 2.00 bits per heavy atom. The smallest absolute Gasteiger partial charge is 0.244 e. The van der Waals surface area contributed by atoms with E-state index in [1.54, 1.807) is 46.4 Å². The highest BCUT2D eigenvalue weighted by Gasteiger charge is 2.18. The van der Waals surface area contributed by atoms with Gasteiger partial charge in [-0.25, -0.2) is 18.4 Å². The summed E-state index contributed by atoms with van der Waals surface area (Å²) in [6, 6.07) is 6.66. The van der Waals surface area contributed by atoms with Crippen LogP contribution in [0.2, 0.25) is 0 Å². The molecule has 0 saturated carbocycles. The van der Waals surface area contributed by atoms with Crippen LogP contribution in [0.25, 0.3) is 11.3 Å². The first-order valence-corrected chi connectivity index (χ1v) is 12.0. The standard InChI is InChI=1S/C21H24N6O4S/c1-15-11-22-21(25-20(15)16-4-3-5-18(10-16)32(2,29)30)24-17-12-23-27(13-17)14-19(28)26-6-8-31-9-7-26/h3-5,10-13H,6-9,14H2,1-2H3,(H,22,24,25). The van der Waals surface area contributed by atoms with Crippen molar-refractivity contribution in [3.63, 3.8) is 0 Å². The summed E-state index contributed by atoms with van der Waals surface area (Å²) in [5.74, 6) is 0.331. The number of nitrogens with zero attached hydrogens (tertiary/aromatic N) is 5. The van der Waals surface area contributed by atoms with Crippen LogP contribution in [0.3, 0.4) is 0 Å². The normalized spacial score (nSPS) is 14.4. The number of carbonyl (C=O) groups is 1. The maximum atomic E-state index is 12.4. The third-order valence-electron chi connectivity index (χ3n) is 5.06. The van der Waals surface area contributed by atoms with E-state index < -0.39 is 9.84 Å². The Morgan fingerprint density at radius 3 is 2.75 bits per heavy atom. The lowest BCUT2D eigenvalue weighted by Gasteiger charge is -2.26. The number of aromatic nitrogens is 4. The molecule has 168 valence electrons. The van der Waals surface area contributed by atoms with Gasteiger partial charge in [-0.2, -0.15) is 5.10 Å². The monoisotopic (exact) mass is 456 g/mol. The minimum Gasteiger partial charge on any atom is -0.378 e. The number of benzene rings is 1. The highest BCUT2D eigenvalue weighted by atomic mass is 32.2. The SMILES string of the molecule is Cc1cnc(Nc2cnn(CC(=O)N3CCOCC3)c2)nc1-c1cccc(S(C)(=O)=O)c1. The first-order valence-electron chi connectivity index (χ1n) is 10.1. The molecular weight excluding hydrogens is 432 g/mol. The van der Waals surface area contributed by atoms with Crippen molar-refractivity contribution in [3.8, 4) is 11.3 Å². The summed E-state index contributed by atoms with van der Waals surface area (Å²) in [6.07, 6.45) is 6.16. The van der Waals surface area contributed by atoms with Crippen LogP contribution in [0.1, 0.15) is 5.56 Å². The molecule has 0 unspecified atom stereocenters. The van der Waals surface area contributed by atoms with Gasteiger partial charge in [0.2, 0.25) is 11.9 Å². The highest BCUT2D eigenvalue weighted by Crippen LogP contribution is 2.25. The van der Waals surface area contributed by atoms with Crippen LogP contribution in [0.4, 0.5) is 11.6 Å². The number of aryl methyl sites for hydroxylation is 1. The van der Waals surface area contributed by atoms with Gasteiger partial charge in [-0.15, -0.1) is 0 Å². The third-order valence-corrected chi connectivity index (χ3v) is 6.17. The lowest BCUT2D eigenvalue weighted by atomic mass is 10.1. The Bertz CT molecular complexity index is 1230. The number of anilines is 2. The fraction of sp³-hybridized carbons (Fsp3) is 0.333. The summed E-state index contributed by atoms with van der Waals surface area (Å²) in [6.45, 7) is 4.29. The molecule has 1 aliphatic rings. The summed E-state index contributed by atoms with van der Waals surface area (Å²) in [7, 11) is -3.33. The average molecular weight is 457 g/mol. The fourth-order valence-corrected chi connectivity index (χ4v) is 4.03. The van der Waals surface area contributed by atoms with Gasteiger partial charge in [0.1, 0.15) is 6.54 Å². The lowest BCUT2D eigenvalue weighted by molar-refractivity contribution is -0.136. The minimum absolute atomic E-state index is 0.0115. The largest absolute Gasteiger partial charge is 0.378 e. The zero-order valence-electron chi connectivity index (χ0n) is 17.9. The molecular formula is C21H24N6O4S. The number of ether oxygens (including phenoxy) is 1. The molecule has 11 heteroatoms. The second-order valence-electron chi connectivity index (χ2n) is 7.57. The maximum absolute atomic E-state index is 12.4. The van der Waals surface area contributed by atoms with Gasteiger partial charge in [0.05, 0.1) is 35.7 Å². The van der Waals surface area contributed by atoms with Crippen molar-refractivity contribution in [1.82, 2.24) is 24.6 Å². The lowest BCUT2D eigenvalue weighted by Crippen LogP contribution is -2.42. The van der Waals surface area contributed by atoms with Gasteiger partial charge in [0, 0.05) is 37.3 Å². The summed E-state index contributed by atoms with van der Waals surface area (Å²) in [4.78, 5) is 23.3. The van der Waals surface area contributed by atoms with Crippen molar-refractivity contribution in [2.45, 2.75) is 18.4 Å². The van der Waals surface area contributed by atoms with Crippen LogP contribution in [-0.4, -0.2) is 71.5 Å². The zero-order chi connectivity index (χ0) is 22.7. The molecule has 1 N–H and O–H groups in total. The number of hydrogen-bond donors (Lipinski definition) is 1. The van der Waals surface area contributed by atoms with Crippen LogP contribution >= 0.6 is 0 Å². The van der Waals surface area contributed by atoms with E-state index in [2.05, 4.69) is 20.4 Å². The van der Waals surface area contributed by atoms with Crippen LogP contribution in [0.15, 0.2) is 47.8 Å². The quantitative estimate of drug-likeness (QED) is 0.595. The predicted octanol–water partition coefficient (Wildman–Crippen LogP) is 1.65. The Labute approximate surface area is 186 Å². The van der Waals surface area contributed by atoms with Crippen LogP contribution in [0, 0.1) is 6.92 Å². The van der Waals surface area contributed by atoms with Crippen molar-refractivity contribution in [1.29, 1.82) is 0 Å². The van der Waals surface area contributed by atoms with Crippen LogP contribution < -0.4 is 5.32 Å². The van der Waals surface area contributed by atoms with Gasteiger partial charge in [-0.3, -0.25) is 9.48 Å². The minimum atomic E-state index is -3.33. The molecule has 3 aromatic rings. The van der Waals surface area contributed by atoms with Gasteiger partial charge in [-0.1, -0.05) is 12.1 Å². The van der Waals surface area contributed by atoms with Gasteiger partial charge in [-0.05, 0) is 24.6 Å². The number of rotatable bonds is 6. The average Bonchev–Trinajstić information content (AvgIpc) is 3.22. The first kappa shape index (κ1) is 21.9. The fourth-order valence-electron chi connectivity index (χ4n) is 3.36. The molecule has 0 spiro atoms. The second kappa shape index (κ2) is 9.05. The number of nitrogens with one attached hydrogen (secondary N) is 1. The van der Waals surface area contributed by atoms with Crippen molar-refractivity contribution in [3.05, 3.63) is 48.4 Å². The zero-order valence-corrected chi connectivity index (χ0v) is 18.7. The number of morpholine rings is 1. The number of carbonyl (C=O) groups excluding carboxylic acids is 1. The summed E-state index contributed by atoms with van der Waals surface area (Å²) < 4.78 is 30.6. The van der Waals surface area contributed by atoms with Crippen LogP contribution in [-0.2, 0) is 25.9 Å². The van der Waals surface area contributed by atoms with E-state index in [1.807, 2.05) is 13.0 Å². The molecule has 1 fully saturated rings. The van der Waals surface area contributed by atoms with Gasteiger partial charge in [0.15, 0.2) is 9.84 Å². The topological polar surface area (TPSA) is 119 Å². The van der Waals surface area contributed by atoms with Crippen molar-refractivity contribution in [2.24, 2.45) is 0 Å².